The number of nitrogen functional groups attached to an aromatic ring is 1. The second-order valence-corrected chi connectivity index (χ2v) is 3.93. The molecule has 1 fully saturated rings. The Bertz CT molecular complexity index is 519. The molecule has 0 saturated carbocycles. The standard InChI is InChI=1S/C10H12N6O/c11-8-6(4-12-5-14-8)9-15-10(17-16-9)7-2-1-3-13-7/h4-5,7,13H,1-3H2,(H2,11,12,14)/t7-/m1/s1. The van der Waals surface area contributed by atoms with E-state index in [0.29, 0.717) is 23.1 Å². The number of hydrogen-bond donors (Lipinski definition) is 2. The molecule has 2 aromatic rings. The van der Waals surface area contributed by atoms with Crippen molar-refractivity contribution in [2.75, 3.05) is 12.3 Å². The molecule has 7 nitrogen and oxygen atoms in total. The zero-order chi connectivity index (χ0) is 11.7. The minimum atomic E-state index is 0.155. The van der Waals surface area contributed by atoms with Crippen LogP contribution in [-0.2, 0) is 0 Å². The third-order valence-electron chi connectivity index (χ3n) is 2.78. The number of aromatic nitrogens is 4. The highest BCUT2D eigenvalue weighted by molar-refractivity contribution is 5.66. The maximum atomic E-state index is 5.73. The van der Waals surface area contributed by atoms with Crippen molar-refractivity contribution in [3.05, 3.63) is 18.4 Å². The molecule has 0 radical (unpaired) electrons. The summed E-state index contributed by atoms with van der Waals surface area (Å²) in [6.45, 7) is 0.985. The summed E-state index contributed by atoms with van der Waals surface area (Å²) in [5, 5.41) is 7.20. The molecule has 0 unspecified atom stereocenters. The Hall–Kier alpha value is -2.02. The zero-order valence-corrected chi connectivity index (χ0v) is 9.13. The van der Waals surface area contributed by atoms with E-state index in [4.69, 9.17) is 10.3 Å². The first kappa shape index (κ1) is 10.2. The summed E-state index contributed by atoms with van der Waals surface area (Å²) < 4.78 is 5.22. The molecule has 3 rings (SSSR count). The summed E-state index contributed by atoms with van der Waals surface area (Å²) in [6.07, 6.45) is 5.11. The maximum Gasteiger partial charge on any atom is 0.244 e. The van der Waals surface area contributed by atoms with E-state index in [1.807, 2.05) is 0 Å². The summed E-state index contributed by atoms with van der Waals surface area (Å²) in [7, 11) is 0. The van der Waals surface area contributed by atoms with Crippen LogP contribution in [0.5, 0.6) is 0 Å². The molecule has 1 atom stereocenters. The molecule has 0 bridgehead atoms. The van der Waals surface area contributed by atoms with Crippen LogP contribution in [0.2, 0.25) is 0 Å². The number of hydrogen-bond acceptors (Lipinski definition) is 7. The Kier molecular flexibility index (Phi) is 2.45. The smallest absolute Gasteiger partial charge is 0.244 e. The topological polar surface area (TPSA) is 103 Å². The van der Waals surface area contributed by atoms with Crippen LogP contribution >= 0.6 is 0 Å². The van der Waals surface area contributed by atoms with Crippen molar-refractivity contribution in [2.24, 2.45) is 0 Å². The monoisotopic (exact) mass is 232 g/mol. The van der Waals surface area contributed by atoms with Crippen LogP contribution < -0.4 is 11.1 Å². The average Bonchev–Trinajstić information content (AvgIpc) is 3.00. The molecular weight excluding hydrogens is 220 g/mol. The molecule has 0 aromatic carbocycles. The number of nitrogens with one attached hydrogen (secondary N) is 1. The zero-order valence-electron chi connectivity index (χ0n) is 9.13. The Balaban J connectivity index is 1.92. The molecule has 3 heterocycles. The molecule has 1 saturated heterocycles. The van der Waals surface area contributed by atoms with Crippen molar-refractivity contribution in [1.82, 2.24) is 25.4 Å². The Labute approximate surface area is 97.5 Å². The quantitative estimate of drug-likeness (QED) is 0.778. The van der Waals surface area contributed by atoms with E-state index in [1.165, 1.54) is 6.33 Å². The van der Waals surface area contributed by atoms with Gasteiger partial charge in [-0.25, -0.2) is 9.97 Å². The fourth-order valence-corrected chi connectivity index (χ4v) is 1.89. The fraction of sp³-hybridized carbons (Fsp3) is 0.400. The number of nitrogens with zero attached hydrogens (tertiary/aromatic N) is 4. The van der Waals surface area contributed by atoms with E-state index in [1.54, 1.807) is 6.20 Å². The summed E-state index contributed by atoms with van der Waals surface area (Å²) >= 11 is 0. The van der Waals surface area contributed by atoms with E-state index in [0.717, 1.165) is 19.4 Å². The molecule has 17 heavy (non-hydrogen) atoms. The summed E-state index contributed by atoms with van der Waals surface area (Å²) in [4.78, 5) is 12.1. The highest BCUT2D eigenvalue weighted by Gasteiger charge is 2.23. The van der Waals surface area contributed by atoms with Gasteiger partial charge < -0.3 is 15.6 Å². The Morgan fingerprint density at radius 1 is 1.47 bits per heavy atom. The second kappa shape index (κ2) is 4.10. The van der Waals surface area contributed by atoms with Crippen LogP contribution in [0.4, 0.5) is 5.82 Å². The van der Waals surface area contributed by atoms with E-state index in [9.17, 15) is 0 Å². The van der Waals surface area contributed by atoms with E-state index in [-0.39, 0.29) is 6.04 Å². The van der Waals surface area contributed by atoms with Gasteiger partial charge in [0.05, 0.1) is 11.6 Å². The lowest BCUT2D eigenvalue weighted by Crippen LogP contribution is -2.13. The third kappa shape index (κ3) is 1.84. The van der Waals surface area contributed by atoms with Gasteiger partial charge in [-0.2, -0.15) is 4.98 Å². The predicted octanol–water partition coefficient (Wildman–Crippen LogP) is 0.533. The lowest BCUT2D eigenvalue weighted by molar-refractivity contribution is 0.345. The van der Waals surface area contributed by atoms with E-state index < -0.39 is 0 Å². The molecule has 2 aromatic heterocycles. The average molecular weight is 232 g/mol. The highest BCUT2D eigenvalue weighted by Crippen LogP contribution is 2.25. The van der Waals surface area contributed by atoms with Crippen molar-refractivity contribution < 1.29 is 4.52 Å². The van der Waals surface area contributed by atoms with Crippen molar-refractivity contribution in [2.45, 2.75) is 18.9 Å². The van der Waals surface area contributed by atoms with Crippen LogP contribution in [0, 0.1) is 0 Å². The van der Waals surface area contributed by atoms with Gasteiger partial charge in [0, 0.05) is 6.20 Å². The molecule has 7 heteroatoms. The predicted molar refractivity (Wildman–Crippen MR) is 59.7 cm³/mol. The van der Waals surface area contributed by atoms with Crippen molar-refractivity contribution in [1.29, 1.82) is 0 Å². The number of nitrogens with two attached hydrogens (primary N) is 1. The molecule has 1 aliphatic rings. The van der Waals surface area contributed by atoms with Crippen molar-refractivity contribution in [3.8, 4) is 11.4 Å². The van der Waals surface area contributed by atoms with Crippen LogP contribution in [0.3, 0.4) is 0 Å². The van der Waals surface area contributed by atoms with Gasteiger partial charge in [-0.15, -0.1) is 0 Å². The lowest BCUT2D eigenvalue weighted by Gasteiger charge is -2.01. The first-order valence-corrected chi connectivity index (χ1v) is 5.47. The summed E-state index contributed by atoms with van der Waals surface area (Å²) in [5.74, 6) is 1.39. The lowest BCUT2D eigenvalue weighted by atomic mass is 10.2. The largest absolute Gasteiger partial charge is 0.383 e. The first-order valence-electron chi connectivity index (χ1n) is 5.47. The minimum absolute atomic E-state index is 0.155. The van der Waals surface area contributed by atoms with Gasteiger partial charge in [-0.1, -0.05) is 5.16 Å². The van der Waals surface area contributed by atoms with Crippen molar-refractivity contribution in [3.63, 3.8) is 0 Å². The molecular formula is C10H12N6O. The van der Waals surface area contributed by atoms with Crippen molar-refractivity contribution >= 4 is 5.82 Å². The summed E-state index contributed by atoms with van der Waals surface area (Å²) in [6, 6.07) is 0.155. The first-order chi connectivity index (χ1) is 8.34. The minimum Gasteiger partial charge on any atom is -0.383 e. The van der Waals surface area contributed by atoms with E-state index >= 15 is 0 Å². The SMILES string of the molecule is Nc1ncncc1-c1noc([C@H]2CCCN2)n1. The normalized spacial score (nSPS) is 19.6. The van der Waals surface area contributed by atoms with Gasteiger partial charge in [0.15, 0.2) is 0 Å². The molecule has 3 N–H and O–H groups in total. The maximum absolute atomic E-state index is 5.73. The van der Waals surface area contributed by atoms with Crippen LogP contribution in [0.15, 0.2) is 17.0 Å². The van der Waals surface area contributed by atoms with Gasteiger partial charge in [-0.3, -0.25) is 0 Å². The van der Waals surface area contributed by atoms with E-state index in [2.05, 4.69) is 25.4 Å². The van der Waals surface area contributed by atoms with Gasteiger partial charge in [-0.05, 0) is 19.4 Å². The van der Waals surface area contributed by atoms with Crippen LogP contribution in [-0.4, -0.2) is 26.7 Å². The van der Waals surface area contributed by atoms with Gasteiger partial charge >= 0.3 is 0 Å². The molecule has 0 amide bonds. The number of rotatable bonds is 2. The third-order valence-corrected chi connectivity index (χ3v) is 2.78. The van der Waals surface area contributed by atoms with Gasteiger partial charge in [0.1, 0.15) is 12.1 Å². The molecule has 88 valence electrons. The van der Waals surface area contributed by atoms with Crippen LogP contribution in [0.25, 0.3) is 11.4 Å². The fourth-order valence-electron chi connectivity index (χ4n) is 1.89. The molecule has 1 aliphatic heterocycles. The van der Waals surface area contributed by atoms with Gasteiger partial charge in [0.25, 0.3) is 0 Å². The molecule has 0 spiro atoms. The van der Waals surface area contributed by atoms with Crippen LogP contribution in [0.1, 0.15) is 24.8 Å². The Morgan fingerprint density at radius 2 is 2.41 bits per heavy atom. The molecule has 0 aliphatic carbocycles. The number of anilines is 1. The van der Waals surface area contributed by atoms with Gasteiger partial charge in [0.2, 0.25) is 11.7 Å². The highest BCUT2D eigenvalue weighted by atomic mass is 16.5. The summed E-state index contributed by atoms with van der Waals surface area (Å²) in [5.41, 5.74) is 6.32. The Morgan fingerprint density at radius 3 is 3.18 bits per heavy atom. The second-order valence-electron chi connectivity index (χ2n) is 3.93.